The number of nitrogens with zero attached hydrogens (tertiary/aromatic N) is 2. The van der Waals surface area contributed by atoms with Crippen molar-refractivity contribution < 1.29 is 4.39 Å². The first-order valence-electron chi connectivity index (χ1n) is 4.54. The summed E-state index contributed by atoms with van der Waals surface area (Å²) >= 11 is 3.03. The quantitative estimate of drug-likeness (QED) is 0.748. The maximum atomic E-state index is 13.3. The molecule has 4 heteroatoms. The molecule has 1 aromatic carbocycles. The largest absolute Gasteiger partial charge is 0.227 e. The van der Waals surface area contributed by atoms with Crippen LogP contribution in [0.25, 0.3) is 11.3 Å². The van der Waals surface area contributed by atoms with Gasteiger partial charge in [0.15, 0.2) is 0 Å². The summed E-state index contributed by atoms with van der Waals surface area (Å²) in [6, 6.07) is 12.3. The minimum absolute atomic E-state index is 0.311. The van der Waals surface area contributed by atoms with Crippen LogP contribution in [0.5, 0.6) is 0 Å². The van der Waals surface area contributed by atoms with Gasteiger partial charge in [-0.15, -0.1) is 0 Å². The first-order valence-corrected chi connectivity index (χ1v) is 5.33. The fraction of sp³-hybridized carbons (Fsp3) is 0. The van der Waals surface area contributed by atoms with Crippen molar-refractivity contribution in [3.63, 3.8) is 0 Å². The molecule has 0 aliphatic rings. The average Bonchev–Trinajstić information content (AvgIpc) is 2.32. The number of rotatable bonds is 1. The Hall–Kier alpha value is -1.73. The lowest BCUT2D eigenvalue weighted by Crippen LogP contribution is -1.91. The van der Waals surface area contributed by atoms with E-state index in [1.54, 1.807) is 36.4 Å². The molecule has 78 valence electrons. The molecule has 2 rings (SSSR count). The van der Waals surface area contributed by atoms with Crippen LogP contribution in [0.4, 0.5) is 4.39 Å². The topological polar surface area (TPSA) is 36.7 Å². The zero-order chi connectivity index (χ0) is 11.5. The Morgan fingerprint density at radius 3 is 2.62 bits per heavy atom. The molecular formula is C12H6BrFN2. The second kappa shape index (κ2) is 4.42. The summed E-state index contributed by atoms with van der Waals surface area (Å²) in [7, 11) is 0. The average molecular weight is 277 g/mol. The van der Waals surface area contributed by atoms with E-state index in [-0.39, 0.29) is 0 Å². The van der Waals surface area contributed by atoms with Gasteiger partial charge in [-0.05, 0) is 34.1 Å². The van der Waals surface area contributed by atoms with Crippen molar-refractivity contribution in [3.05, 3.63) is 52.4 Å². The van der Waals surface area contributed by atoms with E-state index in [4.69, 9.17) is 5.26 Å². The molecular weight excluding hydrogens is 271 g/mol. The van der Waals surface area contributed by atoms with Crippen molar-refractivity contribution in [3.8, 4) is 17.3 Å². The Labute approximate surface area is 100 Å². The highest BCUT2D eigenvalue weighted by Gasteiger charge is 2.08. The Morgan fingerprint density at radius 2 is 1.94 bits per heavy atom. The number of pyridine rings is 1. The summed E-state index contributed by atoms with van der Waals surface area (Å²) in [5.74, 6) is -0.578. The van der Waals surface area contributed by atoms with Crippen molar-refractivity contribution in [1.82, 2.24) is 4.98 Å². The summed E-state index contributed by atoms with van der Waals surface area (Å²) in [6.07, 6.45) is 0. The lowest BCUT2D eigenvalue weighted by atomic mass is 10.1. The SMILES string of the molecule is N#Cc1ccccc1-c1ccc(Br)c(F)n1. The molecule has 0 aliphatic carbocycles. The van der Waals surface area contributed by atoms with Crippen molar-refractivity contribution >= 4 is 15.9 Å². The Bertz CT molecular complexity index is 575. The third-order valence-corrected chi connectivity index (χ3v) is 2.72. The van der Waals surface area contributed by atoms with Gasteiger partial charge in [0.05, 0.1) is 21.8 Å². The Balaban J connectivity index is 2.60. The molecule has 0 aliphatic heterocycles. The molecule has 2 nitrogen and oxygen atoms in total. The molecule has 16 heavy (non-hydrogen) atoms. The highest BCUT2D eigenvalue weighted by molar-refractivity contribution is 9.10. The normalized spacial score (nSPS) is 9.81. The van der Waals surface area contributed by atoms with Crippen molar-refractivity contribution in [2.75, 3.05) is 0 Å². The molecule has 0 amide bonds. The van der Waals surface area contributed by atoms with Gasteiger partial charge in [-0.1, -0.05) is 18.2 Å². The van der Waals surface area contributed by atoms with E-state index in [2.05, 4.69) is 27.0 Å². The van der Waals surface area contributed by atoms with Gasteiger partial charge in [0.25, 0.3) is 0 Å². The molecule has 0 fully saturated rings. The van der Waals surface area contributed by atoms with Crippen LogP contribution in [0, 0.1) is 17.3 Å². The molecule has 0 atom stereocenters. The Morgan fingerprint density at radius 1 is 1.19 bits per heavy atom. The molecule has 0 radical (unpaired) electrons. The monoisotopic (exact) mass is 276 g/mol. The van der Waals surface area contributed by atoms with E-state index in [9.17, 15) is 4.39 Å². The summed E-state index contributed by atoms with van der Waals surface area (Å²) < 4.78 is 13.6. The van der Waals surface area contributed by atoms with Crippen molar-refractivity contribution in [2.45, 2.75) is 0 Å². The smallest absolute Gasteiger partial charge is 0.219 e. The molecule has 2 aromatic rings. The van der Waals surface area contributed by atoms with E-state index in [1.807, 2.05) is 0 Å². The lowest BCUT2D eigenvalue weighted by molar-refractivity contribution is 0.578. The summed E-state index contributed by atoms with van der Waals surface area (Å²) in [5, 5.41) is 8.92. The van der Waals surface area contributed by atoms with Crippen LogP contribution in [-0.4, -0.2) is 4.98 Å². The number of hydrogen-bond acceptors (Lipinski definition) is 2. The van der Waals surface area contributed by atoms with Crippen LogP contribution in [0.15, 0.2) is 40.9 Å². The maximum Gasteiger partial charge on any atom is 0.227 e. The molecule has 0 bridgehead atoms. The van der Waals surface area contributed by atoms with E-state index < -0.39 is 5.95 Å². The molecule has 0 N–H and O–H groups in total. The Kier molecular flexibility index (Phi) is 2.97. The van der Waals surface area contributed by atoms with Gasteiger partial charge < -0.3 is 0 Å². The number of halogens is 2. The predicted molar refractivity (Wildman–Crippen MR) is 62.0 cm³/mol. The van der Waals surface area contributed by atoms with Gasteiger partial charge in [0, 0.05) is 5.56 Å². The van der Waals surface area contributed by atoms with Crippen molar-refractivity contribution in [2.24, 2.45) is 0 Å². The fourth-order valence-corrected chi connectivity index (χ4v) is 1.59. The van der Waals surface area contributed by atoms with E-state index in [0.29, 0.717) is 21.3 Å². The van der Waals surface area contributed by atoms with Crippen LogP contribution in [0.2, 0.25) is 0 Å². The summed E-state index contributed by atoms with van der Waals surface area (Å²) in [5.41, 5.74) is 1.57. The predicted octanol–water partition coefficient (Wildman–Crippen LogP) is 3.52. The zero-order valence-electron chi connectivity index (χ0n) is 8.11. The van der Waals surface area contributed by atoms with Crippen molar-refractivity contribution in [1.29, 1.82) is 5.26 Å². The molecule has 0 saturated heterocycles. The van der Waals surface area contributed by atoms with E-state index >= 15 is 0 Å². The third-order valence-electron chi connectivity index (χ3n) is 2.13. The standard InChI is InChI=1S/C12H6BrFN2/c13-10-5-6-11(16-12(10)14)9-4-2-1-3-8(9)7-15/h1-6H. The number of aromatic nitrogens is 1. The minimum Gasteiger partial charge on any atom is -0.219 e. The zero-order valence-corrected chi connectivity index (χ0v) is 9.70. The molecule has 0 saturated carbocycles. The highest BCUT2D eigenvalue weighted by atomic mass is 79.9. The van der Waals surface area contributed by atoms with Gasteiger partial charge in [0.2, 0.25) is 5.95 Å². The number of nitriles is 1. The summed E-state index contributed by atoms with van der Waals surface area (Å²) in [6.45, 7) is 0. The molecule has 0 unspecified atom stereocenters. The lowest BCUT2D eigenvalue weighted by Gasteiger charge is -2.03. The second-order valence-electron chi connectivity index (χ2n) is 3.13. The molecule has 1 aromatic heterocycles. The third kappa shape index (κ3) is 1.95. The van der Waals surface area contributed by atoms with Gasteiger partial charge >= 0.3 is 0 Å². The highest BCUT2D eigenvalue weighted by Crippen LogP contribution is 2.23. The van der Waals surface area contributed by atoms with Crippen LogP contribution in [0.1, 0.15) is 5.56 Å². The van der Waals surface area contributed by atoms with Crippen LogP contribution in [-0.2, 0) is 0 Å². The van der Waals surface area contributed by atoms with E-state index in [1.165, 1.54) is 0 Å². The van der Waals surface area contributed by atoms with Gasteiger partial charge in [-0.25, -0.2) is 4.98 Å². The first-order chi connectivity index (χ1) is 7.72. The van der Waals surface area contributed by atoms with Gasteiger partial charge in [-0.3, -0.25) is 0 Å². The summed E-state index contributed by atoms with van der Waals surface area (Å²) in [4.78, 5) is 3.79. The van der Waals surface area contributed by atoms with E-state index in [0.717, 1.165) is 0 Å². The fourth-order valence-electron chi connectivity index (χ4n) is 1.37. The molecule has 1 heterocycles. The second-order valence-corrected chi connectivity index (χ2v) is 3.98. The minimum atomic E-state index is -0.578. The van der Waals surface area contributed by atoms with Crippen LogP contribution >= 0.6 is 15.9 Å². The number of benzene rings is 1. The van der Waals surface area contributed by atoms with Gasteiger partial charge in [-0.2, -0.15) is 9.65 Å². The van der Waals surface area contributed by atoms with Crippen LogP contribution < -0.4 is 0 Å². The van der Waals surface area contributed by atoms with Gasteiger partial charge in [0.1, 0.15) is 0 Å². The molecule has 0 spiro atoms. The first kappa shape index (κ1) is 10.8. The maximum absolute atomic E-state index is 13.3. The number of hydrogen-bond donors (Lipinski definition) is 0. The van der Waals surface area contributed by atoms with Crippen LogP contribution in [0.3, 0.4) is 0 Å².